The fourth-order valence-corrected chi connectivity index (χ4v) is 5.13. The highest BCUT2D eigenvalue weighted by Gasteiger charge is 2.38. The van der Waals surface area contributed by atoms with Crippen LogP contribution < -0.4 is 11.1 Å². The van der Waals surface area contributed by atoms with Crippen molar-refractivity contribution in [1.82, 2.24) is 15.1 Å². The average Bonchev–Trinajstić information content (AvgIpc) is 2.87. The zero-order valence-corrected chi connectivity index (χ0v) is 19.2. The highest BCUT2D eigenvalue weighted by Crippen LogP contribution is 2.30. The molecule has 2 aromatic carbocycles. The molecule has 1 aliphatic heterocycles. The summed E-state index contributed by atoms with van der Waals surface area (Å²) in [6, 6.07) is 14.0. The van der Waals surface area contributed by atoms with E-state index in [9.17, 15) is 18.8 Å². The summed E-state index contributed by atoms with van der Waals surface area (Å²) in [4.78, 5) is 42.1. The first-order valence-electron chi connectivity index (χ1n) is 11.9. The Hall–Kier alpha value is -3.26. The fraction of sp³-hybridized carbons (Fsp3) is 0.423. The number of nitrogens with zero attached hydrogens (tertiary/aromatic N) is 2. The van der Waals surface area contributed by atoms with Crippen molar-refractivity contribution in [2.24, 2.45) is 11.7 Å². The minimum absolute atomic E-state index is 0.0458. The van der Waals surface area contributed by atoms with E-state index in [0.717, 1.165) is 25.7 Å². The lowest BCUT2D eigenvalue weighted by Crippen LogP contribution is -2.56. The number of hydrogen-bond acceptors (Lipinski definition) is 4. The summed E-state index contributed by atoms with van der Waals surface area (Å²) < 4.78 is 13.5. The second-order valence-corrected chi connectivity index (χ2v) is 9.05. The number of rotatable bonds is 6. The van der Waals surface area contributed by atoms with Crippen LogP contribution in [0.5, 0.6) is 0 Å². The molecule has 8 heteroatoms. The van der Waals surface area contributed by atoms with E-state index in [1.807, 2.05) is 18.2 Å². The van der Waals surface area contributed by atoms with Gasteiger partial charge in [-0.05, 0) is 36.6 Å². The smallest absolute Gasteiger partial charge is 0.254 e. The summed E-state index contributed by atoms with van der Waals surface area (Å²) in [5, 5.41) is 2.89. The topological polar surface area (TPSA) is 95.7 Å². The predicted octanol–water partition coefficient (Wildman–Crippen LogP) is 2.49. The number of hydrogen-bond donors (Lipinski definition) is 2. The molecule has 1 aliphatic carbocycles. The first-order valence-corrected chi connectivity index (χ1v) is 11.9. The Bertz CT molecular complexity index is 1020. The molecule has 3 amide bonds. The molecule has 180 valence electrons. The Kier molecular flexibility index (Phi) is 7.57. The van der Waals surface area contributed by atoms with Crippen LogP contribution in [0.4, 0.5) is 4.39 Å². The fourth-order valence-electron chi connectivity index (χ4n) is 5.13. The standard InChI is InChI=1S/C26H31FN4O3/c27-20-10-6-9-19(17-20)26(34)31-15-13-30(14-16-31)22-12-5-4-11-21(22)25(33)29-23(24(28)32)18-7-2-1-3-8-18/h1-3,6-10,17,21-23H,4-5,11-16H2,(H2,28,32)(H,29,33)/t21-,22-,23+/m1/s1. The Morgan fingerprint density at radius 2 is 1.65 bits per heavy atom. The molecule has 0 unspecified atom stereocenters. The van der Waals surface area contributed by atoms with Crippen LogP contribution in [-0.2, 0) is 9.59 Å². The van der Waals surface area contributed by atoms with Gasteiger partial charge in [0.15, 0.2) is 0 Å². The summed E-state index contributed by atoms with van der Waals surface area (Å²) in [7, 11) is 0. The van der Waals surface area contributed by atoms with Crippen molar-refractivity contribution in [2.75, 3.05) is 26.2 Å². The maximum absolute atomic E-state index is 13.5. The molecule has 0 aromatic heterocycles. The number of nitrogens with two attached hydrogens (primary N) is 1. The molecule has 34 heavy (non-hydrogen) atoms. The zero-order valence-electron chi connectivity index (χ0n) is 19.2. The molecule has 1 saturated carbocycles. The van der Waals surface area contributed by atoms with E-state index >= 15 is 0 Å². The molecule has 0 radical (unpaired) electrons. The van der Waals surface area contributed by atoms with Crippen molar-refractivity contribution in [3.63, 3.8) is 0 Å². The minimum atomic E-state index is -0.864. The lowest BCUT2D eigenvalue weighted by molar-refractivity contribution is -0.133. The van der Waals surface area contributed by atoms with Gasteiger partial charge in [-0.2, -0.15) is 0 Å². The van der Waals surface area contributed by atoms with Gasteiger partial charge < -0.3 is 16.0 Å². The summed E-state index contributed by atoms with van der Waals surface area (Å²) in [6.07, 6.45) is 3.63. The third kappa shape index (κ3) is 5.44. The van der Waals surface area contributed by atoms with Gasteiger partial charge in [0, 0.05) is 37.8 Å². The van der Waals surface area contributed by atoms with E-state index in [0.29, 0.717) is 37.3 Å². The normalized spacial score (nSPS) is 22.1. The van der Waals surface area contributed by atoms with E-state index in [-0.39, 0.29) is 23.8 Å². The van der Waals surface area contributed by atoms with Gasteiger partial charge in [0.25, 0.3) is 5.91 Å². The van der Waals surface area contributed by atoms with Gasteiger partial charge >= 0.3 is 0 Å². The van der Waals surface area contributed by atoms with Crippen LogP contribution in [0.25, 0.3) is 0 Å². The van der Waals surface area contributed by atoms with Gasteiger partial charge in [-0.1, -0.05) is 49.2 Å². The largest absolute Gasteiger partial charge is 0.368 e. The molecule has 4 rings (SSSR count). The lowest BCUT2D eigenvalue weighted by Gasteiger charge is -2.44. The second kappa shape index (κ2) is 10.8. The number of amides is 3. The molecule has 1 heterocycles. The maximum Gasteiger partial charge on any atom is 0.254 e. The molecule has 3 N–H and O–H groups in total. The van der Waals surface area contributed by atoms with Gasteiger partial charge in [0.05, 0.1) is 5.92 Å². The maximum atomic E-state index is 13.5. The van der Waals surface area contributed by atoms with Gasteiger partial charge in [-0.15, -0.1) is 0 Å². The average molecular weight is 467 g/mol. The molecular weight excluding hydrogens is 435 g/mol. The molecule has 0 spiro atoms. The van der Waals surface area contributed by atoms with Crippen LogP contribution in [-0.4, -0.2) is 59.7 Å². The highest BCUT2D eigenvalue weighted by atomic mass is 19.1. The van der Waals surface area contributed by atoms with Crippen molar-refractivity contribution in [2.45, 2.75) is 37.8 Å². The number of carbonyl (C=O) groups excluding carboxylic acids is 3. The van der Waals surface area contributed by atoms with Crippen molar-refractivity contribution >= 4 is 17.7 Å². The summed E-state index contributed by atoms with van der Waals surface area (Å²) in [5.74, 6) is -1.59. The molecule has 7 nitrogen and oxygen atoms in total. The molecule has 2 fully saturated rings. The lowest BCUT2D eigenvalue weighted by atomic mass is 9.82. The van der Waals surface area contributed by atoms with Crippen molar-refractivity contribution < 1.29 is 18.8 Å². The first kappa shape index (κ1) is 23.9. The second-order valence-electron chi connectivity index (χ2n) is 9.05. The molecule has 0 bridgehead atoms. The monoisotopic (exact) mass is 466 g/mol. The molecular formula is C26H31FN4O3. The third-order valence-electron chi connectivity index (χ3n) is 6.91. The number of nitrogens with one attached hydrogen (secondary N) is 1. The summed E-state index contributed by atoms with van der Waals surface area (Å²) >= 11 is 0. The Morgan fingerprint density at radius 1 is 0.941 bits per heavy atom. The van der Waals surface area contributed by atoms with E-state index in [1.165, 1.54) is 12.1 Å². The van der Waals surface area contributed by atoms with Crippen molar-refractivity contribution in [3.8, 4) is 0 Å². The number of benzene rings is 2. The van der Waals surface area contributed by atoms with Gasteiger partial charge in [-0.3, -0.25) is 19.3 Å². The van der Waals surface area contributed by atoms with Crippen LogP contribution in [0.1, 0.15) is 47.6 Å². The van der Waals surface area contributed by atoms with Crippen LogP contribution in [0.3, 0.4) is 0 Å². The number of carbonyl (C=O) groups is 3. The Morgan fingerprint density at radius 3 is 2.32 bits per heavy atom. The number of primary amides is 1. The molecule has 1 saturated heterocycles. The summed E-state index contributed by atoms with van der Waals surface area (Å²) in [6.45, 7) is 2.34. The van der Waals surface area contributed by atoms with E-state index in [4.69, 9.17) is 5.73 Å². The van der Waals surface area contributed by atoms with Crippen LogP contribution in [0.15, 0.2) is 54.6 Å². The first-order chi connectivity index (χ1) is 16.4. The van der Waals surface area contributed by atoms with Crippen LogP contribution in [0.2, 0.25) is 0 Å². The molecule has 2 aliphatic rings. The van der Waals surface area contributed by atoms with Gasteiger partial charge in [-0.25, -0.2) is 4.39 Å². The van der Waals surface area contributed by atoms with E-state index < -0.39 is 17.8 Å². The van der Waals surface area contributed by atoms with E-state index in [1.54, 1.807) is 29.2 Å². The predicted molar refractivity (Wildman–Crippen MR) is 126 cm³/mol. The number of halogens is 1. The summed E-state index contributed by atoms with van der Waals surface area (Å²) in [5.41, 5.74) is 6.62. The third-order valence-corrected chi connectivity index (χ3v) is 6.91. The van der Waals surface area contributed by atoms with Crippen LogP contribution in [0, 0.1) is 11.7 Å². The highest BCUT2D eigenvalue weighted by molar-refractivity contribution is 5.94. The van der Waals surface area contributed by atoms with Gasteiger partial charge in [0.2, 0.25) is 11.8 Å². The minimum Gasteiger partial charge on any atom is -0.368 e. The number of piperazine rings is 1. The van der Waals surface area contributed by atoms with Crippen molar-refractivity contribution in [3.05, 3.63) is 71.5 Å². The van der Waals surface area contributed by atoms with Crippen molar-refractivity contribution in [1.29, 1.82) is 0 Å². The van der Waals surface area contributed by atoms with E-state index in [2.05, 4.69) is 10.2 Å². The van der Waals surface area contributed by atoms with Crippen LogP contribution >= 0.6 is 0 Å². The van der Waals surface area contributed by atoms with Gasteiger partial charge in [0.1, 0.15) is 11.9 Å². The SMILES string of the molecule is NC(=O)[C@@H](NC(=O)[C@@H]1CCCC[C@H]1N1CCN(C(=O)c2cccc(F)c2)CC1)c1ccccc1. The Balaban J connectivity index is 1.40. The molecule has 2 aromatic rings. The molecule has 3 atom stereocenters. The quantitative estimate of drug-likeness (QED) is 0.684. The Labute approximate surface area is 199 Å². The zero-order chi connectivity index (χ0) is 24.1.